The largest absolute Gasteiger partial charge is 0.456 e. The lowest BCUT2D eigenvalue weighted by Crippen LogP contribution is -2.16. The molecule has 0 fully saturated rings. The maximum absolute atomic E-state index is 6.26. The van der Waals surface area contributed by atoms with Crippen LogP contribution in [0.15, 0.2) is 95.4 Å². The molecule has 0 amide bonds. The number of para-hydroxylation sites is 2. The van der Waals surface area contributed by atoms with Gasteiger partial charge in [0.15, 0.2) is 0 Å². The van der Waals surface area contributed by atoms with Gasteiger partial charge in [-0.3, -0.25) is 8.80 Å². The SMILES string of the molecule is CC1(C)c2ccccc2-c2ccc3nc4n(c5cccc6c5n4c4nc5cc7c(cc5n64)oc4ccccc47)c3c21. The summed E-state index contributed by atoms with van der Waals surface area (Å²) in [6.45, 7) is 4.68. The predicted molar refractivity (Wildman–Crippen MR) is 163 cm³/mol. The van der Waals surface area contributed by atoms with E-state index in [9.17, 15) is 0 Å². The second-order valence-corrected chi connectivity index (χ2v) is 11.9. The lowest BCUT2D eigenvalue weighted by atomic mass is 9.82. The molecule has 0 saturated heterocycles. The molecule has 0 radical (unpaired) electrons. The van der Waals surface area contributed by atoms with Crippen molar-refractivity contribution in [1.29, 1.82) is 0 Å². The molecule has 1 aliphatic rings. The van der Waals surface area contributed by atoms with Crippen LogP contribution in [0.25, 0.3) is 83.2 Å². The third kappa shape index (κ3) is 2.13. The van der Waals surface area contributed by atoms with Gasteiger partial charge in [0, 0.05) is 22.3 Å². The first-order chi connectivity index (χ1) is 20.1. The Morgan fingerprint density at radius 1 is 0.585 bits per heavy atom. The van der Waals surface area contributed by atoms with E-state index in [4.69, 9.17) is 14.4 Å². The Morgan fingerprint density at radius 3 is 2.29 bits per heavy atom. The van der Waals surface area contributed by atoms with Crippen LogP contribution in [-0.2, 0) is 5.41 Å². The van der Waals surface area contributed by atoms with Gasteiger partial charge in [-0.1, -0.05) is 68.4 Å². The van der Waals surface area contributed by atoms with Crippen molar-refractivity contribution < 1.29 is 4.42 Å². The van der Waals surface area contributed by atoms with E-state index in [-0.39, 0.29) is 5.41 Å². The zero-order chi connectivity index (χ0) is 26.8. The summed E-state index contributed by atoms with van der Waals surface area (Å²) in [5.74, 6) is 1.76. The van der Waals surface area contributed by atoms with E-state index in [1.165, 1.54) is 27.8 Å². The average molecular weight is 528 g/mol. The van der Waals surface area contributed by atoms with Crippen molar-refractivity contribution in [2.24, 2.45) is 0 Å². The highest BCUT2D eigenvalue weighted by molar-refractivity contribution is 6.11. The van der Waals surface area contributed by atoms with Crippen LogP contribution in [0.2, 0.25) is 0 Å². The molecular weight excluding hydrogens is 506 g/mol. The Hall–Kier alpha value is -5.36. The number of furan rings is 1. The molecule has 0 atom stereocenters. The van der Waals surface area contributed by atoms with Crippen LogP contribution < -0.4 is 0 Å². The van der Waals surface area contributed by atoms with E-state index in [1.807, 2.05) is 12.1 Å². The van der Waals surface area contributed by atoms with Crippen molar-refractivity contribution in [2.45, 2.75) is 19.3 Å². The van der Waals surface area contributed by atoms with Crippen molar-refractivity contribution in [3.63, 3.8) is 0 Å². The summed E-state index contributed by atoms with van der Waals surface area (Å²) in [4.78, 5) is 10.5. The predicted octanol–water partition coefficient (Wildman–Crippen LogP) is 8.34. The van der Waals surface area contributed by atoms with Crippen LogP contribution in [0.1, 0.15) is 25.0 Å². The number of fused-ring (bicyclic) bond motifs is 17. The summed E-state index contributed by atoms with van der Waals surface area (Å²) in [5.41, 5.74) is 14.5. The van der Waals surface area contributed by atoms with Crippen LogP contribution in [-0.4, -0.2) is 23.2 Å². The molecule has 5 aromatic heterocycles. The lowest BCUT2D eigenvalue weighted by molar-refractivity contribution is 0.664. The van der Waals surface area contributed by atoms with Gasteiger partial charge in [-0.05, 0) is 52.6 Å². The second-order valence-electron chi connectivity index (χ2n) is 11.9. The van der Waals surface area contributed by atoms with Crippen LogP contribution in [0.5, 0.6) is 0 Å². The molecule has 0 aliphatic heterocycles. The molecule has 11 rings (SSSR count). The smallest absolute Gasteiger partial charge is 0.223 e. The topological polar surface area (TPSA) is 52.2 Å². The molecule has 5 heterocycles. The van der Waals surface area contributed by atoms with Crippen molar-refractivity contribution >= 4 is 72.1 Å². The molecule has 0 spiro atoms. The van der Waals surface area contributed by atoms with Crippen molar-refractivity contribution in [3.05, 3.63) is 102 Å². The monoisotopic (exact) mass is 527 g/mol. The molecule has 0 unspecified atom stereocenters. The summed E-state index contributed by atoms with van der Waals surface area (Å²) in [5, 5.41) is 2.20. The van der Waals surface area contributed by atoms with Crippen LogP contribution in [0.3, 0.4) is 0 Å². The van der Waals surface area contributed by atoms with E-state index in [0.717, 1.165) is 66.6 Å². The summed E-state index contributed by atoms with van der Waals surface area (Å²) in [7, 11) is 0. The number of rotatable bonds is 0. The van der Waals surface area contributed by atoms with E-state index in [0.29, 0.717) is 0 Å². The zero-order valence-corrected chi connectivity index (χ0v) is 22.3. The average Bonchev–Trinajstić information content (AvgIpc) is 3.79. The summed E-state index contributed by atoms with van der Waals surface area (Å²) < 4.78 is 13.1. The normalized spacial score (nSPS) is 14.8. The first kappa shape index (κ1) is 20.5. The maximum Gasteiger partial charge on any atom is 0.223 e. The van der Waals surface area contributed by atoms with Crippen molar-refractivity contribution in [1.82, 2.24) is 23.2 Å². The van der Waals surface area contributed by atoms with E-state index >= 15 is 0 Å². The van der Waals surface area contributed by atoms with Crippen molar-refractivity contribution in [3.8, 4) is 11.1 Å². The molecule has 192 valence electrons. The molecule has 5 aromatic carbocycles. The van der Waals surface area contributed by atoms with Gasteiger partial charge in [0.2, 0.25) is 11.6 Å². The molecular formula is C35H21N5O. The molecule has 41 heavy (non-hydrogen) atoms. The van der Waals surface area contributed by atoms with Gasteiger partial charge in [0.1, 0.15) is 16.7 Å². The van der Waals surface area contributed by atoms with Gasteiger partial charge in [0.05, 0.1) is 33.1 Å². The first-order valence-corrected chi connectivity index (χ1v) is 14.0. The minimum atomic E-state index is -0.137. The fourth-order valence-electron chi connectivity index (χ4n) is 7.86. The highest BCUT2D eigenvalue weighted by Gasteiger charge is 2.38. The van der Waals surface area contributed by atoms with Gasteiger partial charge in [-0.15, -0.1) is 0 Å². The summed E-state index contributed by atoms with van der Waals surface area (Å²) in [6, 6.07) is 32.3. The standard InChI is InChI=1S/C35H21N5O/c1-35(2)22-10-5-3-8-18(22)20-14-15-23-31(30(20)35)39-26-12-7-11-25-32(26)40(34(39)36-23)33-37-24-16-21-19-9-4-6-13-28(19)41-29(21)17-27(24)38(25)33/h3-17H,1-2H3. The molecule has 0 saturated carbocycles. The van der Waals surface area contributed by atoms with Gasteiger partial charge >= 0.3 is 0 Å². The third-order valence-corrected chi connectivity index (χ3v) is 9.55. The number of hydrogen-bond acceptors (Lipinski definition) is 3. The number of hydrogen-bond donors (Lipinski definition) is 0. The zero-order valence-electron chi connectivity index (χ0n) is 22.3. The highest BCUT2D eigenvalue weighted by atomic mass is 16.3. The van der Waals surface area contributed by atoms with Gasteiger partial charge in [0.25, 0.3) is 0 Å². The Labute approximate surface area is 232 Å². The Balaban J connectivity index is 1.32. The minimum Gasteiger partial charge on any atom is -0.456 e. The number of aromatic nitrogens is 5. The fourth-order valence-corrected chi connectivity index (χ4v) is 7.86. The Morgan fingerprint density at radius 2 is 1.37 bits per heavy atom. The minimum absolute atomic E-state index is 0.137. The molecule has 10 aromatic rings. The number of nitrogens with zero attached hydrogens (tertiary/aromatic N) is 5. The fraction of sp³-hybridized carbons (Fsp3) is 0.0857. The summed E-state index contributed by atoms with van der Waals surface area (Å²) in [6.07, 6.45) is 0. The van der Waals surface area contributed by atoms with Crippen molar-refractivity contribution in [2.75, 3.05) is 0 Å². The number of benzene rings is 5. The van der Waals surface area contributed by atoms with Gasteiger partial charge < -0.3 is 4.42 Å². The quantitative estimate of drug-likeness (QED) is 0.199. The van der Waals surface area contributed by atoms with Crippen LogP contribution in [0, 0.1) is 0 Å². The molecule has 6 heteroatoms. The summed E-state index contributed by atoms with van der Waals surface area (Å²) >= 11 is 0. The van der Waals surface area contributed by atoms with Gasteiger partial charge in [-0.25, -0.2) is 14.4 Å². The van der Waals surface area contributed by atoms with Crippen LogP contribution in [0.4, 0.5) is 0 Å². The van der Waals surface area contributed by atoms with E-state index in [1.54, 1.807) is 0 Å². The molecule has 6 nitrogen and oxygen atoms in total. The number of imidazole rings is 4. The highest BCUT2D eigenvalue weighted by Crippen LogP contribution is 2.51. The lowest BCUT2D eigenvalue weighted by Gasteiger charge is -2.22. The second kappa shape index (κ2) is 6.34. The maximum atomic E-state index is 6.26. The van der Waals surface area contributed by atoms with E-state index < -0.39 is 0 Å². The molecule has 0 N–H and O–H groups in total. The van der Waals surface area contributed by atoms with Gasteiger partial charge in [-0.2, -0.15) is 0 Å². The molecule has 1 aliphatic carbocycles. The van der Waals surface area contributed by atoms with Crippen LogP contribution >= 0.6 is 0 Å². The first-order valence-electron chi connectivity index (χ1n) is 14.0. The van der Waals surface area contributed by atoms with E-state index in [2.05, 4.69) is 106 Å². The Kier molecular flexibility index (Phi) is 3.17. The third-order valence-electron chi connectivity index (χ3n) is 9.55. The molecule has 0 bridgehead atoms. The Bertz CT molecular complexity index is 2780.